The zero-order valence-corrected chi connectivity index (χ0v) is 16.1. The molecule has 1 heterocycles. The van der Waals surface area contributed by atoms with E-state index in [1.54, 1.807) is 0 Å². The van der Waals surface area contributed by atoms with Crippen LogP contribution in [0.3, 0.4) is 0 Å². The summed E-state index contributed by atoms with van der Waals surface area (Å²) >= 11 is 0. The molecule has 2 fully saturated rings. The second-order valence-electron chi connectivity index (χ2n) is 6.74. The number of hydrogen-bond donors (Lipinski definition) is 3. The Kier molecular flexibility index (Phi) is 10.9. The minimum Gasteiger partial charge on any atom is -0.355 e. The largest absolute Gasteiger partial charge is 0.355 e. The lowest BCUT2D eigenvalue weighted by molar-refractivity contribution is -0.127. The summed E-state index contributed by atoms with van der Waals surface area (Å²) < 4.78 is 0. The zero-order chi connectivity index (χ0) is 16.0. The van der Waals surface area contributed by atoms with E-state index < -0.39 is 5.54 Å². The monoisotopic (exact) mass is 382 g/mol. The zero-order valence-electron chi connectivity index (χ0n) is 14.5. The summed E-state index contributed by atoms with van der Waals surface area (Å²) in [7, 11) is 0. The number of carbonyl (C=O) groups is 2. The van der Waals surface area contributed by atoms with Crippen LogP contribution in [0.25, 0.3) is 0 Å². The number of piperidine rings is 1. The second kappa shape index (κ2) is 11.1. The van der Waals surface area contributed by atoms with E-state index in [9.17, 15) is 9.59 Å². The number of halogens is 2. The fourth-order valence-electron chi connectivity index (χ4n) is 3.32. The van der Waals surface area contributed by atoms with Crippen molar-refractivity contribution in [1.29, 1.82) is 0 Å². The highest BCUT2D eigenvalue weighted by Crippen LogP contribution is 2.27. The van der Waals surface area contributed by atoms with E-state index in [0.29, 0.717) is 6.54 Å². The van der Waals surface area contributed by atoms with Crippen LogP contribution >= 0.6 is 24.8 Å². The van der Waals surface area contributed by atoms with Gasteiger partial charge < -0.3 is 16.4 Å². The maximum Gasteiger partial charge on any atom is 0.240 e. The molecule has 0 aromatic carbocycles. The van der Waals surface area contributed by atoms with Gasteiger partial charge in [-0.25, -0.2) is 0 Å². The molecular formula is C16H32Cl2N4O2. The molecule has 142 valence electrons. The van der Waals surface area contributed by atoms with Gasteiger partial charge in [0.25, 0.3) is 0 Å². The number of nitrogens with one attached hydrogen (secondary N) is 2. The quantitative estimate of drug-likeness (QED) is 0.644. The topological polar surface area (TPSA) is 87.5 Å². The van der Waals surface area contributed by atoms with E-state index in [2.05, 4.69) is 15.5 Å². The van der Waals surface area contributed by atoms with Gasteiger partial charge in [0, 0.05) is 25.7 Å². The summed E-state index contributed by atoms with van der Waals surface area (Å²) in [5.74, 6) is 0.111. The van der Waals surface area contributed by atoms with Crippen molar-refractivity contribution in [2.75, 3.05) is 26.2 Å². The molecule has 1 aliphatic heterocycles. The van der Waals surface area contributed by atoms with Crippen LogP contribution in [0.5, 0.6) is 0 Å². The first-order valence-electron chi connectivity index (χ1n) is 8.62. The average Bonchev–Trinajstić information content (AvgIpc) is 2.95. The lowest BCUT2D eigenvalue weighted by atomic mass is 9.96. The van der Waals surface area contributed by atoms with Crippen LogP contribution < -0.4 is 16.4 Å². The Labute approximate surface area is 157 Å². The van der Waals surface area contributed by atoms with Crippen LogP contribution in [0.2, 0.25) is 0 Å². The number of nitrogens with zero attached hydrogens (tertiary/aromatic N) is 1. The molecule has 2 aliphatic rings. The average molecular weight is 383 g/mol. The fraction of sp³-hybridized carbons (Fsp3) is 0.875. The number of hydrogen-bond acceptors (Lipinski definition) is 4. The molecule has 0 spiro atoms. The van der Waals surface area contributed by atoms with Crippen molar-refractivity contribution >= 4 is 36.6 Å². The lowest BCUT2D eigenvalue weighted by Crippen LogP contribution is -2.56. The predicted molar refractivity (Wildman–Crippen MR) is 101 cm³/mol. The SMILES string of the molecule is CCCNC(=O)CN1CCC(NC(=O)C2(N)CCCC2)CC1.Cl.Cl. The molecule has 24 heavy (non-hydrogen) atoms. The number of likely N-dealkylation sites (tertiary alicyclic amines) is 1. The Balaban J connectivity index is 0.00000264. The molecule has 0 atom stereocenters. The molecule has 0 unspecified atom stereocenters. The lowest BCUT2D eigenvalue weighted by Gasteiger charge is -2.33. The third-order valence-corrected chi connectivity index (χ3v) is 4.81. The molecule has 2 rings (SSSR count). The summed E-state index contributed by atoms with van der Waals surface area (Å²) in [4.78, 5) is 26.2. The third kappa shape index (κ3) is 6.75. The molecular weight excluding hydrogens is 351 g/mol. The standard InChI is InChI=1S/C16H30N4O2.2ClH/c1-2-9-18-14(21)12-20-10-5-13(6-11-20)19-15(22)16(17)7-3-4-8-16;;/h13H,2-12,17H2,1H3,(H,18,21)(H,19,22);2*1H. The molecule has 4 N–H and O–H groups in total. The molecule has 6 nitrogen and oxygen atoms in total. The van der Waals surface area contributed by atoms with E-state index in [4.69, 9.17) is 5.73 Å². The Morgan fingerprint density at radius 3 is 2.29 bits per heavy atom. The van der Waals surface area contributed by atoms with Crippen molar-refractivity contribution in [2.24, 2.45) is 5.73 Å². The van der Waals surface area contributed by atoms with Gasteiger partial charge >= 0.3 is 0 Å². The normalized spacial score (nSPS) is 20.6. The van der Waals surface area contributed by atoms with Gasteiger partial charge in [-0.15, -0.1) is 24.8 Å². The van der Waals surface area contributed by atoms with Crippen molar-refractivity contribution in [3.05, 3.63) is 0 Å². The molecule has 0 aromatic heterocycles. The van der Waals surface area contributed by atoms with E-state index in [0.717, 1.165) is 64.6 Å². The van der Waals surface area contributed by atoms with Crippen molar-refractivity contribution in [1.82, 2.24) is 15.5 Å². The highest BCUT2D eigenvalue weighted by molar-refractivity contribution is 5.86. The summed E-state index contributed by atoms with van der Waals surface area (Å²) in [5.41, 5.74) is 5.54. The molecule has 2 amide bonds. The summed E-state index contributed by atoms with van der Waals surface area (Å²) in [5, 5.41) is 6.02. The minimum absolute atomic E-state index is 0. The number of carbonyl (C=O) groups excluding carboxylic acids is 2. The second-order valence-corrected chi connectivity index (χ2v) is 6.74. The maximum atomic E-state index is 12.3. The van der Waals surface area contributed by atoms with Crippen LogP contribution in [-0.4, -0.2) is 54.5 Å². The molecule has 0 aromatic rings. The molecule has 8 heteroatoms. The molecule has 1 saturated carbocycles. The van der Waals surface area contributed by atoms with Gasteiger partial charge in [0.05, 0.1) is 12.1 Å². The Hall–Kier alpha value is -0.560. The Morgan fingerprint density at radius 1 is 1.17 bits per heavy atom. The van der Waals surface area contributed by atoms with Crippen molar-refractivity contribution < 1.29 is 9.59 Å². The molecule has 1 saturated heterocycles. The number of nitrogens with two attached hydrogens (primary N) is 1. The van der Waals surface area contributed by atoms with Crippen LogP contribution in [0, 0.1) is 0 Å². The highest BCUT2D eigenvalue weighted by Gasteiger charge is 2.38. The Morgan fingerprint density at radius 2 is 1.75 bits per heavy atom. The van der Waals surface area contributed by atoms with E-state index in [-0.39, 0.29) is 42.7 Å². The van der Waals surface area contributed by atoms with Crippen molar-refractivity contribution in [3.63, 3.8) is 0 Å². The van der Waals surface area contributed by atoms with E-state index in [1.165, 1.54) is 0 Å². The van der Waals surface area contributed by atoms with Gasteiger partial charge in [-0.2, -0.15) is 0 Å². The highest BCUT2D eigenvalue weighted by atomic mass is 35.5. The summed E-state index contributed by atoms with van der Waals surface area (Å²) in [6.45, 7) is 4.94. The maximum absolute atomic E-state index is 12.3. The van der Waals surface area contributed by atoms with Crippen LogP contribution in [0.1, 0.15) is 51.9 Å². The van der Waals surface area contributed by atoms with E-state index >= 15 is 0 Å². The first-order valence-corrected chi connectivity index (χ1v) is 8.62. The van der Waals surface area contributed by atoms with Gasteiger partial charge in [-0.1, -0.05) is 19.8 Å². The van der Waals surface area contributed by atoms with Crippen LogP contribution in [0.15, 0.2) is 0 Å². The van der Waals surface area contributed by atoms with Gasteiger partial charge in [0.1, 0.15) is 0 Å². The summed E-state index contributed by atoms with van der Waals surface area (Å²) in [6.07, 6.45) is 6.45. The fourth-order valence-corrected chi connectivity index (χ4v) is 3.32. The minimum atomic E-state index is -0.642. The van der Waals surface area contributed by atoms with E-state index in [1.807, 2.05) is 6.92 Å². The van der Waals surface area contributed by atoms with Gasteiger partial charge in [0.2, 0.25) is 11.8 Å². The Bertz CT molecular complexity index is 396. The third-order valence-electron chi connectivity index (χ3n) is 4.81. The first kappa shape index (κ1) is 23.4. The predicted octanol–water partition coefficient (Wildman–Crippen LogP) is 1.21. The van der Waals surface area contributed by atoms with Crippen molar-refractivity contribution in [3.8, 4) is 0 Å². The van der Waals surface area contributed by atoms with Crippen LogP contribution in [-0.2, 0) is 9.59 Å². The van der Waals surface area contributed by atoms with Gasteiger partial charge in [-0.05, 0) is 32.1 Å². The van der Waals surface area contributed by atoms with Gasteiger partial charge in [-0.3, -0.25) is 14.5 Å². The molecule has 1 aliphatic carbocycles. The first-order chi connectivity index (χ1) is 10.5. The molecule has 0 radical (unpaired) electrons. The van der Waals surface area contributed by atoms with Crippen LogP contribution in [0.4, 0.5) is 0 Å². The molecule has 0 bridgehead atoms. The van der Waals surface area contributed by atoms with Gasteiger partial charge in [0.15, 0.2) is 0 Å². The summed E-state index contributed by atoms with van der Waals surface area (Å²) in [6, 6.07) is 0.198. The van der Waals surface area contributed by atoms with Crippen molar-refractivity contribution in [2.45, 2.75) is 63.5 Å². The number of rotatable bonds is 6. The smallest absolute Gasteiger partial charge is 0.240 e. The number of amides is 2.